The van der Waals surface area contributed by atoms with Gasteiger partial charge in [-0.2, -0.15) is 0 Å². The summed E-state index contributed by atoms with van der Waals surface area (Å²) in [5, 5.41) is 1.43. The third-order valence-corrected chi connectivity index (χ3v) is 24.7. The summed E-state index contributed by atoms with van der Waals surface area (Å²) in [6.45, 7) is 37.8. The van der Waals surface area contributed by atoms with Crippen molar-refractivity contribution in [3.8, 4) is 0 Å². The van der Waals surface area contributed by atoms with Gasteiger partial charge in [-0.05, 0) is 199 Å². The van der Waals surface area contributed by atoms with E-state index >= 15 is 0 Å². The summed E-state index contributed by atoms with van der Waals surface area (Å²) in [5.41, 5.74) is 25.6. The molecule has 0 bridgehead atoms. The van der Waals surface area contributed by atoms with Crippen molar-refractivity contribution < 1.29 is 0 Å². The van der Waals surface area contributed by atoms with Gasteiger partial charge in [-0.3, -0.25) is 0 Å². The van der Waals surface area contributed by atoms with Crippen LogP contribution in [0.25, 0.3) is 10.1 Å². The lowest BCUT2D eigenvalue weighted by atomic mass is 9.33. The first kappa shape index (κ1) is 53.4. The Morgan fingerprint density at radius 2 is 1.06 bits per heavy atom. The van der Waals surface area contributed by atoms with Crippen LogP contribution in [0.15, 0.2) is 174 Å². The predicted molar refractivity (Wildman–Crippen MR) is 356 cm³/mol. The molecule has 3 atom stereocenters. The molecule has 3 unspecified atom stereocenters. The highest BCUT2D eigenvalue weighted by molar-refractivity contribution is 7.32. The Morgan fingerprint density at radius 1 is 0.530 bits per heavy atom. The Kier molecular flexibility index (Phi) is 11.2. The highest BCUT2D eigenvalue weighted by Crippen LogP contribution is 2.66. The molecule has 0 saturated heterocycles. The van der Waals surface area contributed by atoms with Crippen LogP contribution in [0.5, 0.6) is 0 Å². The first-order chi connectivity index (χ1) is 39.2. The smallest absolute Gasteiger partial charge is 0.259 e. The van der Waals surface area contributed by atoms with Gasteiger partial charge in [0.15, 0.2) is 0 Å². The summed E-state index contributed by atoms with van der Waals surface area (Å²) >= 11 is 2.12. The van der Waals surface area contributed by atoms with Gasteiger partial charge >= 0.3 is 0 Å². The molecule has 5 heteroatoms. The van der Waals surface area contributed by atoms with Crippen LogP contribution in [-0.4, -0.2) is 12.8 Å². The monoisotopic (exact) mass is 1110 g/mol. The van der Waals surface area contributed by atoms with Crippen LogP contribution in [0.3, 0.4) is 0 Å². The fourth-order valence-corrected chi connectivity index (χ4v) is 19.1. The average molecular weight is 1110 g/mol. The topological polar surface area (TPSA) is 9.72 Å². The number of thiophene rings is 1. The number of allylic oxidation sites excluding steroid dienone is 5. The quantitative estimate of drug-likeness (QED) is 0.159. The summed E-state index contributed by atoms with van der Waals surface area (Å²) in [6, 6.07) is 50.7. The number of para-hydroxylation sites is 2. The van der Waals surface area contributed by atoms with Crippen molar-refractivity contribution in [2.24, 2.45) is 5.41 Å². The van der Waals surface area contributed by atoms with Crippen LogP contribution in [-0.2, 0) is 37.9 Å². The van der Waals surface area contributed by atoms with Crippen LogP contribution in [0, 0.1) is 5.41 Å². The molecule has 2 aliphatic heterocycles. The SMILES string of the molecule is CC1(C)CCC(C)(C)c2cc(N3C4=C5B(c6cc7c(cc63)C(C)(C)CCC7(C)C)c3sc6cc7c(cc6c3N(C3=CC=CC6(C)C3c3ccccc3C6(C)C)C5CC(N(c3ccccc3)c3ccccc3)=C4)C(C)(C)CCC7(C)C)ccc21. The van der Waals surface area contributed by atoms with Crippen LogP contribution in [0.4, 0.5) is 28.4 Å². The van der Waals surface area contributed by atoms with Crippen molar-refractivity contribution in [3.05, 3.63) is 219 Å². The second-order valence-corrected chi connectivity index (χ2v) is 32.5. The summed E-state index contributed by atoms with van der Waals surface area (Å²) in [6.07, 6.45) is 18.2. The maximum atomic E-state index is 3.01. The predicted octanol–water partition coefficient (Wildman–Crippen LogP) is 19.4. The third-order valence-electron chi connectivity index (χ3n) is 23.5. The zero-order valence-corrected chi connectivity index (χ0v) is 53.2. The zero-order chi connectivity index (χ0) is 57.9. The van der Waals surface area contributed by atoms with E-state index in [0.29, 0.717) is 0 Å². The number of anilines is 5. The molecule has 83 heavy (non-hydrogen) atoms. The van der Waals surface area contributed by atoms with Crippen LogP contribution < -0.4 is 24.9 Å². The molecular weight excluding hydrogens is 1020 g/mol. The molecule has 0 spiro atoms. The molecule has 0 saturated carbocycles. The van der Waals surface area contributed by atoms with Crippen molar-refractivity contribution in [1.82, 2.24) is 0 Å². The number of hydrogen-bond acceptors (Lipinski definition) is 4. The second-order valence-electron chi connectivity index (χ2n) is 31.4. The van der Waals surface area contributed by atoms with Crippen LogP contribution >= 0.6 is 11.3 Å². The van der Waals surface area contributed by atoms with Crippen molar-refractivity contribution in [3.63, 3.8) is 0 Å². The molecule has 0 fully saturated rings. The number of rotatable bonds is 5. The maximum Gasteiger partial charge on any atom is 0.259 e. The van der Waals surface area contributed by atoms with Gasteiger partial charge in [0.1, 0.15) is 0 Å². The number of nitrogens with zero attached hydrogens (tertiary/aromatic N) is 3. The summed E-state index contributed by atoms with van der Waals surface area (Å²) in [7, 11) is 0. The summed E-state index contributed by atoms with van der Waals surface area (Å²) < 4.78 is 2.93. The minimum atomic E-state index is -0.175. The van der Waals surface area contributed by atoms with E-state index in [0.717, 1.165) is 12.8 Å². The van der Waals surface area contributed by atoms with Gasteiger partial charge < -0.3 is 14.7 Å². The molecule has 8 aliphatic rings. The van der Waals surface area contributed by atoms with Gasteiger partial charge in [0, 0.05) is 72.5 Å². The van der Waals surface area contributed by atoms with Gasteiger partial charge in [0.2, 0.25) is 0 Å². The number of fused-ring (bicyclic) bond motifs is 12. The van der Waals surface area contributed by atoms with E-state index in [1.165, 1.54) is 137 Å². The second kappa shape index (κ2) is 17.4. The molecule has 0 radical (unpaired) electrons. The van der Waals surface area contributed by atoms with E-state index in [4.69, 9.17) is 0 Å². The normalized spacial score (nSPS) is 25.4. The van der Waals surface area contributed by atoms with Gasteiger partial charge in [-0.15, -0.1) is 11.3 Å². The molecule has 6 aliphatic carbocycles. The van der Waals surface area contributed by atoms with Crippen LogP contribution in [0.2, 0.25) is 0 Å². The Balaban J connectivity index is 1.11. The van der Waals surface area contributed by atoms with Gasteiger partial charge in [-0.1, -0.05) is 189 Å². The molecule has 0 amide bonds. The first-order valence-corrected chi connectivity index (χ1v) is 32.4. The average Bonchev–Trinajstić information content (AvgIpc) is 1.75. The maximum absolute atomic E-state index is 3.01. The molecule has 1 aromatic heterocycles. The van der Waals surface area contributed by atoms with Gasteiger partial charge in [0.05, 0.1) is 11.7 Å². The van der Waals surface area contributed by atoms with Crippen molar-refractivity contribution in [2.75, 3.05) is 14.7 Å². The Morgan fingerprint density at radius 3 is 1.67 bits per heavy atom. The molecule has 15 rings (SSSR count). The largest absolute Gasteiger partial charge is 0.337 e. The lowest BCUT2D eigenvalue weighted by molar-refractivity contribution is 0.235. The number of hydrogen-bond donors (Lipinski definition) is 0. The Hall–Kier alpha value is -6.30. The zero-order valence-electron chi connectivity index (χ0n) is 52.4. The Bertz CT molecular complexity index is 4000. The van der Waals surface area contributed by atoms with E-state index in [1.807, 2.05) is 0 Å². The van der Waals surface area contributed by atoms with Gasteiger partial charge in [-0.25, -0.2) is 0 Å². The van der Waals surface area contributed by atoms with E-state index in [-0.39, 0.29) is 62.0 Å². The third kappa shape index (κ3) is 7.47. The van der Waals surface area contributed by atoms with Crippen LogP contribution in [0.1, 0.15) is 199 Å². The number of benzene rings is 6. The highest BCUT2D eigenvalue weighted by Gasteiger charge is 2.60. The molecule has 422 valence electrons. The molecule has 3 heterocycles. The van der Waals surface area contributed by atoms with Crippen molar-refractivity contribution in [2.45, 2.75) is 199 Å². The minimum Gasteiger partial charge on any atom is -0.337 e. The lowest BCUT2D eigenvalue weighted by Crippen LogP contribution is -2.62. The molecule has 6 aromatic carbocycles. The Labute approximate surface area is 501 Å². The first-order valence-electron chi connectivity index (χ1n) is 31.6. The minimum absolute atomic E-state index is 0.0133. The summed E-state index contributed by atoms with van der Waals surface area (Å²) in [4.78, 5) is 8.42. The van der Waals surface area contributed by atoms with Crippen molar-refractivity contribution in [1.29, 1.82) is 0 Å². The standard InChI is InChI=1S/C78H86BN3S/c1-71(2)35-36-72(3,4)56-41-50(32-33-55(56)71)81-63-46-59-58(74(7,8)38-39-75(59,9)10)45-61(63)79-68-64(81)42-51(80(48-25-18-16-19-26-48)49-27-20-17-21-28-49)43-65(68)82(62-31-24-34-78(15)67(62)52-29-22-23-30-54(52)77(78,13)14)69-53-44-57-60(47-66(53)83-70(69)79)76(11,12)40-37-73(57,5)6/h16-34,41-42,44-47,65,67H,35-40,43H2,1-15H3. The van der Waals surface area contributed by atoms with E-state index < -0.39 is 0 Å². The molecule has 3 nitrogen and oxygen atoms in total. The lowest BCUT2D eigenvalue weighted by Gasteiger charge is -2.54. The fourth-order valence-electron chi connectivity index (χ4n) is 17.7. The molecule has 7 aromatic rings. The summed E-state index contributed by atoms with van der Waals surface area (Å²) in [5.74, 6) is 0.136. The fraction of sp³-hybridized carbons (Fsp3) is 0.410. The molecular formula is C78H86BN3S. The van der Waals surface area contributed by atoms with E-state index in [2.05, 4.69) is 282 Å². The van der Waals surface area contributed by atoms with Crippen molar-refractivity contribution >= 4 is 66.8 Å². The molecule has 0 N–H and O–H groups in total. The van der Waals surface area contributed by atoms with E-state index in [1.54, 1.807) is 11.0 Å². The van der Waals surface area contributed by atoms with Gasteiger partial charge in [0.25, 0.3) is 6.71 Å². The van der Waals surface area contributed by atoms with E-state index in [9.17, 15) is 0 Å². The highest BCUT2D eigenvalue weighted by atomic mass is 32.1.